The Kier molecular flexibility index (Phi) is 4.39. The van der Waals surface area contributed by atoms with Gasteiger partial charge in [-0.25, -0.2) is 4.79 Å². The van der Waals surface area contributed by atoms with Gasteiger partial charge in [-0.1, -0.05) is 43.7 Å². The van der Waals surface area contributed by atoms with E-state index < -0.39 is 6.10 Å². The van der Waals surface area contributed by atoms with Crippen molar-refractivity contribution in [2.45, 2.75) is 44.1 Å². The van der Waals surface area contributed by atoms with Gasteiger partial charge in [0.2, 0.25) is 0 Å². The second-order valence-electron chi connectivity index (χ2n) is 6.94. The fourth-order valence-electron chi connectivity index (χ4n) is 3.55. The van der Waals surface area contributed by atoms with E-state index in [4.69, 9.17) is 0 Å². The zero-order chi connectivity index (χ0) is 15.6. The molecule has 1 aromatic carbocycles. The first-order valence-corrected chi connectivity index (χ1v) is 8.37. The Morgan fingerprint density at radius 3 is 2.68 bits per heavy atom. The predicted molar refractivity (Wildman–Crippen MR) is 86.7 cm³/mol. The Balaban J connectivity index is 1.58. The van der Waals surface area contributed by atoms with E-state index in [1.165, 1.54) is 12.0 Å². The van der Waals surface area contributed by atoms with Crippen molar-refractivity contribution in [2.24, 2.45) is 5.92 Å². The van der Waals surface area contributed by atoms with E-state index in [-0.39, 0.29) is 17.4 Å². The second kappa shape index (κ2) is 6.29. The number of amides is 2. The van der Waals surface area contributed by atoms with Gasteiger partial charge in [0, 0.05) is 25.0 Å². The van der Waals surface area contributed by atoms with Crippen molar-refractivity contribution in [3.63, 3.8) is 0 Å². The van der Waals surface area contributed by atoms with Gasteiger partial charge >= 0.3 is 6.03 Å². The molecule has 0 aromatic heterocycles. The quantitative estimate of drug-likeness (QED) is 0.901. The molecule has 0 radical (unpaired) electrons. The summed E-state index contributed by atoms with van der Waals surface area (Å²) in [6.45, 7) is 3.92. The number of urea groups is 1. The largest absolute Gasteiger partial charge is 0.391 e. The van der Waals surface area contributed by atoms with Crippen LogP contribution in [0.5, 0.6) is 0 Å². The van der Waals surface area contributed by atoms with Crippen LogP contribution in [-0.4, -0.2) is 41.8 Å². The summed E-state index contributed by atoms with van der Waals surface area (Å²) < 4.78 is 0. The van der Waals surface area contributed by atoms with Crippen LogP contribution >= 0.6 is 0 Å². The number of rotatable bonds is 3. The Bertz CT molecular complexity index is 513. The van der Waals surface area contributed by atoms with Gasteiger partial charge in [-0.3, -0.25) is 0 Å². The molecule has 1 heterocycles. The van der Waals surface area contributed by atoms with Gasteiger partial charge in [-0.05, 0) is 30.7 Å². The number of piperidine rings is 1. The van der Waals surface area contributed by atoms with Crippen molar-refractivity contribution >= 4 is 6.03 Å². The maximum Gasteiger partial charge on any atom is 0.317 e. The third kappa shape index (κ3) is 2.98. The fourth-order valence-corrected chi connectivity index (χ4v) is 3.55. The van der Waals surface area contributed by atoms with Gasteiger partial charge in [0.15, 0.2) is 0 Å². The Morgan fingerprint density at radius 2 is 2.09 bits per heavy atom. The molecule has 3 rings (SSSR count). The average Bonchev–Trinajstić information content (AvgIpc) is 2.50. The Morgan fingerprint density at radius 1 is 1.36 bits per heavy atom. The molecule has 2 amide bonds. The van der Waals surface area contributed by atoms with Crippen LogP contribution < -0.4 is 5.32 Å². The topological polar surface area (TPSA) is 52.6 Å². The van der Waals surface area contributed by atoms with Gasteiger partial charge in [-0.2, -0.15) is 0 Å². The summed E-state index contributed by atoms with van der Waals surface area (Å²) in [6.07, 6.45) is 3.98. The van der Waals surface area contributed by atoms with Crippen LogP contribution in [-0.2, 0) is 5.41 Å². The molecule has 2 aliphatic rings. The van der Waals surface area contributed by atoms with E-state index in [9.17, 15) is 9.90 Å². The van der Waals surface area contributed by atoms with Crippen LogP contribution in [0.25, 0.3) is 0 Å². The number of carbonyl (C=O) groups excluding carboxylic acids is 1. The van der Waals surface area contributed by atoms with E-state index >= 15 is 0 Å². The van der Waals surface area contributed by atoms with Crippen molar-refractivity contribution in [1.29, 1.82) is 0 Å². The predicted octanol–water partition coefficient (Wildman–Crippen LogP) is 2.52. The lowest BCUT2D eigenvalue weighted by Crippen LogP contribution is -2.53. The molecule has 2 atom stereocenters. The molecule has 0 spiro atoms. The molecule has 4 nitrogen and oxygen atoms in total. The number of benzene rings is 1. The minimum Gasteiger partial charge on any atom is -0.391 e. The Labute approximate surface area is 132 Å². The molecule has 1 aliphatic heterocycles. The van der Waals surface area contributed by atoms with Gasteiger partial charge < -0.3 is 15.3 Å². The number of hydrogen-bond donors (Lipinski definition) is 2. The monoisotopic (exact) mass is 302 g/mol. The molecule has 2 unspecified atom stereocenters. The third-order valence-electron chi connectivity index (χ3n) is 5.48. The smallest absolute Gasteiger partial charge is 0.317 e. The highest BCUT2D eigenvalue weighted by molar-refractivity contribution is 5.74. The van der Waals surface area contributed by atoms with Gasteiger partial charge in [0.25, 0.3) is 0 Å². The first kappa shape index (κ1) is 15.3. The molecule has 1 aromatic rings. The maximum atomic E-state index is 12.4. The number of likely N-dealkylation sites (tertiary alicyclic amines) is 1. The molecule has 0 bridgehead atoms. The van der Waals surface area contributed by atoms with Crippen LogP contribution in [0.2, 0.25) is 0 Å². The number of β-amino-alcohol motifs (C(OH)–C–C–N with tert-alkyl or cyclic N) is 1. The fraction of sp³-hybridized carbons (Fsp3) is 0.611. The SMILES string of the molecule is CC1CCN(C(=O)NCC2(c3ccccc3)CCC2)CC1O. The molecule has 120 valence electrons. The summed E-state index contributed by atoms with van der Waals surface area (Å²) in [5.41, 5.74) is 1.44. The molecular formula is C18H26N2O2. The minimum absolute atomic E-state index is 0.0341. The van der Waals surface area contributed by atoms with Crippen LogP contribution in [0, 0.1) is 5.92 Å². The summed E-state index contributed by atoms with van der Waals surface area (Å²) >= 11 is 0. The number of carbonyl (C=O) groups is 1. The first-order chi connectivity index (χ1) is 10.6. The molecule has 2 N–H and O–H groups in total. The highest BCUT2D eigenvalue weighted by Crippen LogP contribution is 2.43. The summed E-state index contributed by atoms with van der Waals surface area (Å²) in [5.74, 6) is 0.284. The summed E-state index contributed by atoms with van der Waals surface area (Å²) in [5, 5.41) is 13.0. The van der Waals surface area contributed by atoms with E-state index in [0.717, 1.165) is 25.8 Å². The zero-order valence-corrected chi connectivity index (χ0v) is 13.3. The van der Waals surface area contributed by atoms with Crippen molar-refractivity contribution in [2.75, 3.05) is 19.6 Å². The number of nitrogens with one attached hydrogen (secondary N) is 1. The lowest BCUT2D eigenvalue weighted by Gasteiger charge is -2.43. The van der Waals surface area contributed by atoms with Crippen molar-refractivity contribution in [3.05, 3.63) is 35.9 Å². The second-order valence-corrected chi connectivity index (χ2v) is 6.94. The first-order valence-electron chi connectivity index (χ1n) is 8.37. The lowest BCUT2D eigenvalue weighted by atomic mass is 9.64. The summed E-state index contributed by atoms with van der Waals surface area (Å²) in [7, 11) is 0. The average molecular weight is 302 g/mol. The Hall–Kier alpha value is -1.55. The van der Waals surface area contributed by atoms with Crippen molar-refractivity contribution in [3.8, 4) is 0 Å². The maximum absolute atomic E-state index is 12.4. The van der Waals surface area contributed by atoms with Crippen LogP contribution in [0.4, 0.5) is 4.79 Å². The lowest BCUT2D eigenvalue weighted by molar-refractivity contribution is 0.0429. The zero-order valence-electron chi connectivity index (χ0n) is 13.3. The normalized spacial score (nSPS) is 27.1. The molecule has 2 fully saturated rings. The molecule has 4 heteroatoms. The molecular weight excluding hydrogens is 276 g/mol. The molecule has 1 saturated heterocycles. The minimum atomic E-state index is -0.397. The summed E-state index contributed by atoms with van der Waals surface area (Å²) in [6, 6.07) is 10.5. The van der Waals surface area contributed by atoms with Crippen LogP contribution in [0.15, 0.2) is 30.3 Å². The number of nitrogens with zero attached hydrogens (tertiary/aromatic N) is 1. The number of aliphatic hydroxyl groups is 1. The van der Waals surface area contributed by atoms with E-state index in [0.29, 0.717) is 13.1 Å². The molecule has 22 heavy (non-hydrogen) atoms. The highest BCUT2D eigenvalue weighted by Gasteiger charge is 2.39. The number of hydrogen-bond acceptors (Lipinski definition) is 2. The van der Waals surface area contributed by atoms with Crippen LogP contribution in [0.1, 0.15) is 38.2 Å². The van der Waals surface area contributed by atoms with Gasteiger partial charge in [-0.15, -0.1) is 0 Å². The van der Waals surface area contributed by atoms with E-state index in [2.05, 4.69) is 29.6 Å². The van der Waals surface area contributed by atoms with Crippen LogP contribution in [0.3, 0.4) is 0 Å². The van der Waals surface area contributed by atoms with E-state index in [1.807, 2.05) is 13.0 Å². The number of aliphatic hydroxyl groups excluding tert-OH is 1. The third-order valence-corrected chi connectivity index (χ3v) is 5.48. The van der Waals surface area contributed by atoms with Crippen molar-refractivity contribution in [1.82, 2.24) is 10.2 Å². The standard InChI is InChI=1S/C18H26N2O2/c1-14-8-11-20(12-16(14)21)17(22)19-13-18(9-5-10-18)15-6-3-2-4-7-15/h2-4,6-7,14,16,21H,5,8-13H2,1H3,(H,19,22). The van der Waals surface area contributed by atoms with Crippen molar-refractivity contribution < 1.29 is 9.90 Å². The van der Waals surface area contributed by atoms with E-state index in [1.54, 1.807) is 4.90 Å². The van der Waals surface area contributed by atoms with Gasteiger partial charge in [0.05, 0.1) is 6.10 Å². The summed E-state index contributed by atoms with van der Waals surface area (Å²) in [4.78, 5) is 14.1. The highest BCUT2D eigenvalue weighted by atomic mass is 16.3. The molecule has 1 saturated carbocycles. The molecule has 1 aliphatic carbocycles. The van der Waals surface area contributed by atoms with Gasteiger partial charge in [0.1, 0.15) is 0 Å².